The molecule has 0 bridgehead atoms. The fraction of sp³-hybridized carbons (Fsp3) is 0.0625. The number of non-ortho nitro benzene ring substituents is 1. The van der Waals surface area contributed by atoms with Gasteiger partial charge in [-0.15, -0.1) is 0 Å². The summed E-state index contributed by atoms with van der Waals surface area (Å²) >= 11 is 5.72. The molecular weight excluding hydrogens is 366 g/mol. The molecule has 9 nitrogen and oxygen atoms in total. The van der Waals surface area contributed by atoms with Crippen molar-refractivity contribution in [3.63, 3.8) is 0 Å². The molecule has 0 spiro atoms. The van der Waals surface area contributed by atoms with Crippen molar-refractivity contribution in [1.82, 2.24) is 0 Å². The molecule has 2 aromatic carbocycles. The summed E-state index contributed by atoms with van der Waals surface area (Å²) in [7, 11) is 1.32. The highest BCUT2D eigenvalue weighted by molar-refractivity contribution is 6.32. The van der Waals surface area contributed by atoms with E-state index in [1.165, 1.54) is 49.6 Å². The summed E-state index contributed by atoms with van der Waals surface area (Å²) in [6.45, 7) is 0. The maximum Gasteiger partial charge on any atom is 0.288 e. The van der Waals surface area contributed by atoms with Gasteiger partial charge in [0.1, 0.15) is 10.8 Å². The molecule has 2 aromatic rings. The zero-order valence-corrected chi connectivity index (χ0v) is 14.1. The minimum atomic E-state index is -0.624. The van der Waals surface area contributed by atoms with Crippen LogP contribution in [-0.2, 0) is 4.79 Å². The van der Waals surface area contributed by atoms with Gasteiger partial charge < -0.3 is 10.1 Å². The van der Waals surface area contributed by atoms with E-state index in [0.29, 0.717) is 5.56 Å². The summed E-state index contributed by atoms with van der Waals surface area (Å²) in [4.78, 5) is 32.4. The van der Waals surface area contributed by atoms with Gasteiger partial charge in [0.25, 0.3) is 11.4 Å². The molecule has 0 atom stereocenters. The second-order valence-electron chi connectivity index (χ2n) is 4.93. The van der Waals surface area contributed by atoms with Gasteiger partial charge in [0.15, 0.2) is 0 Å². The Hall–Kier alpha value is -3.46. The zero-order valence-electron chi connectivity index (χ0n) is 13.3. The first-order valence-electron chi connectivity index (χ1n) is 7.07. The number of ether oxygens (including phenoxy) is 1. The highest BCUT2D eigenvalue weighted by Gasteiger charge is 2.13. The lowest BCUT2D eigenvalue weighted by Crippen LogP contribution is -2.09. The molecule has 0 saturated carbocycles. The molecule has 0 radical (unpaired) electrons. The second-order valence-corrected chi connectivity index (χ2v) is 5.34. The minimum absolute atomic E-state index is 0.00721. The van der Waals surface area contributed by atoms with Crippen LogP contribution in [0.5, 0.6) is 5.75 Å². The van der Waals surface area contributed by atoms with Gasteiger partial charge in [-0.05, 0) is 23.8 Å². The van der Waals surface area contributed by atoms with Crippen LogP contribution in [0.25, 0.3) is 6.08 Å². The predicted molar refractivity (Wildman–Crippen MR) is 95.4 cm³/mol. The van der Waals surface area contributed by atoms with E-state index in [1.54, 1.807) is 0 Å². The number of benzene rings is 2. The Bertz CT molecular complexity index is 913. The van der Waals surface area contributed by atoms with Gasteiger partial charge in [0.2, 0.25) is 5.91 Å². The van der Waals surface area contributed by atoms with Crippen LogP contribution in [0.2, 0.25) is 5.02 Å². The smallest absolute Gasteiger partial charge is 0.288 e. The highest BCUT2D eigenvalue weighted by Crippen LogP contribution is 2.29. The number of carbonyl (C=O) groups excluding carboxylic acids is 1. The van der Waals surface area contributed by atoms with Crippen LogP contribution < -0.4 is 10.1 Å². The van der Waals surface area contributed by atoms with Gasteiger partial charge in [-0.1, -0.05) is 17.7 Å². The lowest BCUT2D eigenvalue weighted by atomic mass is 10.2. The second kappa shape index (κ2) is 8.08. The van der Waals surface area contributed by atoms with Crippen LogP contribution in [0.1, 0.15) is 5.56 Å². The van der Waals surface area contributed by atoms with E-state index < -0.39 is 15.8 Å². The maximum atomic E-state index is 12.0. The Morgan fingerprint density at radius 3 is 2.50 bits per heavy atom. The molecule has 0 unspecified atom stereocenters. The number of nitro groups is 2. The molecule has 1 amide bonds. The van der Waals surface area contributed by atoms with Gasteiger partial charge in [0, 0.05) is 18.2 Å². The molecule has 0 heterocycles. The number of anilines is 1. The standard InChI is InChI=1S/C16H12ClN3O6/c1-26-15-9-11(19(22)23)4-6-13(15)18-16(21)7-3-10-2-5-12(17)14(8-10)20(24)25/h2-9H,1H3,(H,18,21). The lowest BCUT2D eigenvalue weighted by molar-refractivity contribution is -0.385. The number of halogens is 1. The average molecular weight is 378 g/mol. The molecule has 0 aliphatic rings. The number of nitrogens with one attached hydrogen (secondary N) is 1. The Balaban J connectivity index is 2.16. The van der Waals surface area contributed by atoms with Gasteiger partial charge in [-0.2, -0.15) is 0 Å². The fourth-order valence-corrected chi connectivity index (χ4v) is 2.20. The normalized spacial score (nSPS) is 10.5. The number of hydrogen-bond acceptors (Lipinski definition) is 6. The third-order valence-corrected chi connectivity index (χ3v) is 3.57. The number of nitro benzene ring substituents is 2. The Morgan fingerprint density at radius 1 is 1.15 bits per heavy atom. The third kappa shape index (κ3) is 4.54. The van der Waals surface area contributed by atoms with E-state index in [0.717, 1.165) is 6.08 Å². The van der Waals surface area contributed by atoms with Crippen molar-refractivity contribution in [2.75, 3.05) is 12.4 Å². The summed E-state index contributed by atoms with van der Waals surface area (Å²) in [5.41, 5.74) is 0.205. The van der Waals surface area contributed by atoms with Crippen LogP contribution in [0.15, 0.2) is 42.5 Å². The largest absolute Gasteiger partial charge is 0.494 e. The Labute approximate surface area is 152 Å². The molecule has 2 rings (SSSR count). The molecule has 0 saturated heterocycles. The number of nitrogens with zero attached hydrogens (tertiary/aromatic N) is 2. The van der Waals surface area contributed by atoms with Crippen molar-refractivity contribution >= 4 is 40.6 Å². The van der Waals surface area contributed by atoms with E-state index in [1.807, 2.05) is 0 Å². The molecule has 0 aliphatic heterocycles. The van der Waals surface area contributed by atoms with Gasteiger partial charge in [-0.3, -0.25) is 25.0 Å². The Kier molecular flexibility index (Phi) is 5.86. The van der Waals surface area contributed by atoms with Gasteiger partial charge in [0.05, 0.1) is 28.7 Å². The molecule has 0 aliphatic carbocycles. The number of amides is 1. The number of hydrogen-bond donors (Lipinski definition) is 1. The summed E-state index contributed by atoms with van der Waals surface area (Å²) in [6.07, 6.45) is 2.53. The summed E-state index contributed by atoms with van der Waals surface area (Å²) in [6, 6.07) is 7.86. The Morgan fingerprint density at radius 2 is 1.88 bits per heavy atom. The summed E-state index contributed by atoms with van der Waals surface area (Å²) in [5, 5.41) is 24.1. The minimum Gasteiger partial charge on any atom is -0.494 e. The molecule has 0 fully saturated rings. The van der Waals surface area contributed by atoms with Crippen molar-refractivity contribution in [3.05, 3.63) is 73.3 Å². The van der Waals surface area contributed by atoms with Gasteiger partial charge >= 0.3 is 0 Å². The highest BCUT2D eigenvalue weighted by atomic mass is 35.5. The first kappa shape index (κ1) is 18.9. The zero-order chi connectivity index (χ0) is 19.3. The first-order valence-corrected chi connectivity index (χ1v) is 7.45. The molecular formula is C16H12ClN3O6. The lowest BCUT2D eigenvalue weighted by Gasteiger charge is -2.08. The number of methoxy groups -OCH3 is 1. The number of carbonyl (C=O) groups is 1. The van der Waals surface area contributed by atoms with E-state index in [-0.39, 0.29) is 27.8 Å². The quantitative estimate of drug-likeness (QED) is 0.463. The maximum absolute atomic E-state index is 12.0. The first-order chi connectivity index (χ1) is 12.3. The molecule has 0 aromatic heterocycles. The topological polar surface area (TPSA) is 125 Å². The SMILES string of the molecule is COc1cc([N+](=O)[O-])ccc1NC(=O)C=Cc1ccc(Cl)c([N+](=O)[O-])c1. The van der Waals surface area contributed by atoms with Crippen molar-refractivity contribution in [2.45, 2.75) is 0 Å². The van der Waals surface area contributed by atoms with Crippen LogP contribution in [0, 0.1) is 20.2 Å². The van der Waals surface area contributed by atoms with Crippen LogP contribution in [0.4, 0.5) is 17.1 Å². The average Bonchev–Trinajstić information content (AvgIpc) is 2.60. The molecule has 134 valence electrons. The van der Waals surface area contributed by atoms with E-state index in [2.05, 4.69) is 5.32 Å². The monoisotopic (exact) mass is 377 g/mol. The van der Waals surface area contributed by atoms with Crippen LogP contribution in [0.3, 0.4) is 0 Å². The third-order valence-electron chi connectivity index (χ3n) is 3.25. The van der Waals surface area contributed by atoms with Crippen molar-refractivity contribution in [3.8, 4) is 5.75 Å². The van der Waals surface area contributed by atoms with Gasteiger partial charge in [-0.25, -0.2) is 0 Å². The van der Waals surface area contributed by atoms with Crippen LogP contribution in [-0.4, -0.2) is 22.9 Å². The summed E-state index contributed by atoms with van der Waals surface area (Å²) in [5.74, 6) is -0.419. The van der Waals surface area contributed by atoms with E-state index >= 15 is 0 Å². The predicted octanol–water partition coefficient (Wildman–Crippen LogP) is 3.82. The van der Waals surface area contributed by atoms with Crippen LogP contribution >= 0.6 is 11.6 Å². The van der Waals surface area contributed by atoms with Crippen molar-refractivity contribution in [1.29, 1.82) is 0 Å². The molecule has 10 heteroatoms. The van der Waals surface area contributed by atoms with Crippen molar-refractivity contribution in [2.24, 2.45) is 0 Å². The van der Waals surface area contributed by atoms with E-state index in [9.17, 15) is 25.0 Å². The molecule has 26 heavy (non-hydrogen) atoms. The fourth-order valence-electron chi connectivity index (χ4n) is 2.02. The summed E-state index contributed by atoms with van der Waals surface area (Å²) < 4.78 is 5.02. The van der Waals surface area contributed by atoms with E-state index in [4.69, 9.17) is 16.3 Å². The number of rotatable bonds is 6. The molecule has 1 N–H and O–H groups in total. The van der Waals surface area contributed by atoms with Crippen molar-refractivity contribution < 1.29 is 19.4 Å².